The molecule has 9 nitrogen and oxygen atoms in total. The van der Waals surface area contributed by atoms with E-state index in [1.165, 1.54) is 6.07 Å². The van der Waals surface area contributed by atoms with Gasteiger partial charge in [0, 0.05) is 11.6 Å². The van der Waals surface area contributed by atoms with E-state index in [9.17, 15) is 24.5 Å². The Hall–Kier alpha value is -2.97. The number of primary amides is 1. The first-order valence-electron chi connectivity index (χ1n) is 4.89. The highest BCUT2D eigenvalue weighted by Crippen LogP contribution is 2.27. The molecule has 0 aliphatic heterocycles. The lowest BCUT2D eigenvalue weighted by Gasteiger charge is -2.06. The molecule has 100 valence electrons. The predicted octanol–water partition coefficient (Wildman–Crippen LogP) is -0.0190. The minimum Gasteiger partial charge on any atom is -0.477 e. The number of hydrogen-bond donors (Lipinski definition) is 2. The van der Waals surface area contributed by atoms with E-state index < -0.39 is 29.2 Å². The van der Waals surface area contributed by atoms with Crippen molar-refractivity contribution in [1.29, 1.82) is 0 Å². The topological polar surface area (TPSA) is 142 Å². The first-order valence-corrected chi connectivity index (χ1v) is 4.89. The van der Waals surface area contributed by atoms with Gasteiger partial charge in [0.1, 0.15) is 6.29 Å². The van der Waals surface area contributed by atoms with Gasteiger partial charge in [-0.15, -0.1) is 0 Å². The van der Waals surface area contributed by atoms with Crippen molar-refractivity contribution in [2.45, 2.75) is 0 Å². The van der Waals surface area contributed by atoms with E-state index in [-0.39, 0.29) is 11.3 Å². The highest BCUT2D eigenvalue weighted by Gasteiger charge is 2.17. The molecule has 1 rings (SSSR count). The molecule has 0 bridgehead atoms. The van der Waals surface area contributed by atoms with Crippen LogP contribution in [0.25, 0.3) is 0 Å². The van der Waals surface area contributed by atoms with Crippen molar-refractivity contribution in [3.63, 3.8) is 0 Å². The lowest BCUT2D eigenvalue weighted by Crippen LogP contribution is -2.38. The van der Waals surface area contributed by atoms with Crippen molar-refractivity contribution < 1.29 is 24.0 Å². The Labute approximate surface area is 106 Å². The van der Waals surface area contributed by atoms with Crippen molar-refractivity contribution in [2.24, 2.45) is 5.73 Å². The molecule has 0 unspecified atom stereocenters. The summed E-state index contributed by atoms with van der Waals surface area (Å²) < 4.78 is 4.88. The van der Waals surface area contributed by atoms with E-state index >= 15 is 0 Å². The number of nitrogens with zero attached hydrogens (tertiary/aromatic N) is 1. The molecule has 0 aliphatic carbocycles. The Kier molecular flexibility index (Phi) is 4.52. The number of ether oxygens (including phenoxy) is 1. The summed E-state index contributed by atoms with van der Waals surface area (Å²) in [4.78, 5) is 42.0. The van der Waals surface area contributed by atoms with Crippen LogP contribution in [0.4, 0.5) is 10.5 Å². The number of urea groups is 1. The van der Waals surface area contributed by atoms with Crippen LogP contribution in [0.15, 0.2) is 18.2 Å². The van der Waals surface area contributed by atoms with E-state index in [1.54, 1.807) is 5.32 Å². The maximum Gasteiger partial charge on any atom is 0.318 e. The molecular formula is C10H9N3O6. The number of nitro groups is 1. The molecule has 0 aromatic heterocycles. The van der Waals surface area contributed by atoms with E-state index in [0.717, 1.165) is 12.1 Å². The number of carbonyl (C=O) groups is 3. The zero-order valence-corrected chi connectivity index (χ0v) is 9.49. The van der Waals surface area contributed by atoms with Gasteiger partial charge in [0.2, 0.25) is 0 Å². The largest absolute Gasteiger partial charge is 0.477 e. The number of nitrogens with one attached hydrogen (secondary N) is 1. The zero-order chi connectivity index (χ0) is 14.4. The van der Waals surface area contributed by atoms with Crippen LogP contribution in [-0.4, -0.2) is 29.8 Å². The van der Waals surface area contributed by atoms with Gasteiger partial charge in [0.05, 0.1) is 4.92 Å². The highest BCUT2D eigenvalue weighted by molar-refractivity contribution is 5.94. The molecule has 0 saturated heterocycles. The van der Waals surface area contributed by atoms with Crippen LogP contribution in [0.3, 0.4) is 0 Å². The van der Waals surface area contributed by atoms with Crippen molar-refractivity contribution in [2.75, 3.05) is 6.61 Å². The Morgan fingerprint density at radius 3 is 2.68 bits per heavy atom. The molecule has 0 radical (unpaired) electrons. The smallest absolute Gasteiger partial charge is 0.318 e. The minimum atomic E-state index is -1.07. The second-order valence-corrected chi connectivity index (χ2v) is 3.30. The minimum absolute atomic E-state index is 0.149. The quantitative estimate of drug-likeness (QED) is 0.436. The third kappa shape index (κ3) is 4.07. The number of carbonyl (C=O) groups excluding carboxylic acids is 3. The van der Waals surface area contributed by atoms with Crippen molar-refractivity contribution >= 4 is 23.9 Å². The summed E-state index contributed by atoms with van der Waals surface area (Å²) in [5.74, 6) is -1.12. The van der Waals surface area contributed by atoms with Gasteiger partial charge in [-0.25, -0.2) is 4.79 Å². The average Bonchev–Trinajstić information content (AvgIpc) is 2.34. The Balaban J connectivity index is 2.86. The summed E-state index contributed by atoms with van der Waals surface area (Å²) in [6.45, 7) is -0.647. The number of amides is 3. The zero-order valence-electron chi connectivity index (χ0n) is 9.49. The van der Waals surface area contributed by atoms with Gasteiger partial charge in [-0.05, 0) is 12.1 Å². The molecule has 9 heteroatoms. The maximum absolute atomic E-state index is 11.1. The Morgan fingerprint density at radius 1 is 1.47 bits per heavy atom. The molecule has 0 aliphatic rings. The van der Waals surface area contributed by atoms with Crippen molar-refractivity contribution in [3.05, 3.63) is 33.9 Å². The summed E-state index contributed by atoms with van der Waals surface area (Å²) in [6, 6.07) is 2.36. The lowest BCUT2D eigenvalue weighted by molar-refractivity contribution is -0.385. The van der Waals surface area contributed by atoms with Gasteiger partial charge < -0.3 is 10.5 Å². The molecule has 0 atom stereocenters. The third-order valence-corrected chi connectivity index (χ3v) is 1.94. The van der Waals surface area contributed by atoms with Crippen LogP contribution in [0.2, 0.25) is 0 Å². The summed E-state index contributed by atoms with van der Waals surface area (Å²) in [5, 5.41) is 12.4. The van der Waals surface area contributed by atoms with Crippen LogP contribution < -0.4 is 15.8 Å². The lowest BCUT2D eigenvalue weighted by atomic mass is 10.2. The molecule has 19 heavy (non-hydrogen) atoms. The Morgan fingerprint density at radius 2 is 2.16 bits per heavy atom. The van der Waals surface area contributed by atoms with Crippen LogP contribution >= 0.6 is 0 Å². The second kappa shape index (κ2) is 6.10. The standard InChI is InChI=1S/C10H9N3O6/c11-10(16)12-9(15)5-19-8-3-6(4-14)1-2-7(8)13(17)18/h1-4H,5H2,(H3,11,12,15,16). The predicted molar refractivity (Wildman–Crippen MR) is 61.7 cm³/mol. The van der Waals surface area contributed by atoms with E-state index in [4.69, 9.17) is 10.5 Å². The molecular weight excluding hydrogens is 258 g/mol. The SMILES string of the molecule is NC(=O)NC(=O)COc1cc(C=O)ccc1[N+](=O)[O-]. The number of benzene rings is 1. The molecule has 3 amide bonds. The van der Waals surface area contributed by atoms with Gasteiger partial charge in [-0.1, -0.05) is 0 Å². The molecule has 0 saturated carbocycles. The number of hydrogen-bond acceptors (Lipinski definition) is 6. The molecule has 0 spiro atoms. The van der Waals surface area contributed by atoms with Crippen molar-refractivity contribution in [3.8, 4) is 5.75 Å². The average molecular weight is 267 g/mol. The first kappa shape index (κ1) is 14.1. The van der Waals surface area contributed by atoms with E-state index in [2.05, 4.69) is 0 Å². The fourth-order valence-electron chi connectivity index (χ4n) is 1.19. The van der Waals surface area contributed by atoms with Crippen LogP contribution in [0.5, 0.6) is 5.75 Å². The second-order valence-electron chi connectivity index (χ2n) is 3.30. The monoisotopic (exact) mass is 267 g/mol. The normalized spacial score (nSPS) is 9.47. The fourth-order valence-corrected chi connectivity index (χ4v) is 1.19. The van der Waals surface area contributed by atoms with Gasteiger partial charge in [-0.3, -0.25) is 25.0 Å². The van der Waals surface area contributed by atoms with E-state index in [1.807, 2.05) is 0 Å². The summed E-state index contributed by atoms with van der Waals surface area (Å²) in [5.41, 5.74) is 4.45. The molecule has 1 aromatic carbocycles. The molecule has 1 aromatic rings. The summed E-state index contributed by atoms with van der Waals surface area (Å²) in [6.07, 6.45) is 0.472. The van der Waals surface area contributed by atoms with E-state index in [0.29, 0.717) is 6.29 Å². The van der Waals surface area contributed by atoms with Crippen molar-refractivity contribution in [1.82, 2.24) is 5.32 Å². The Bertz CT molecular complexity index is 542. The van der Waals surface area contributed by atoms with Gasteiger partial charge in [0.25, 0.3) is 5.91 Å². The number of nitrogens with two attached hydrogens (primary N) is 1. The van der Waals surface area contributed by atoms with Gasteiger partial charge in [0.15, 0.2) is 12.4 Å². The maximum atomic E-state index is 11.1. The highest BCUT2D eigenvalue weighted by atomic mass is 16.6. The van der Waals surface area contributed by atoms with Gasteiger partial charge in [-0.2, -0.15) is 0 Å². The number of rotatable bonds is 5. The van der Waals surface area contributed by atoms with Crippen LogP contribution in [0, 0.1) is 10.1 Å². The van der Waals surface area contributed by atoms with Gasteiger partial charge >= 0.3 is 11.7 Å². The number of aldehydes is 1. The van der Waals surface area contributed by atoms with Crippen LogP contribution in [0.1, 0.15) is 10.4 Å². The summed E-state index contributed by atoms with van der Waals surface area (Å²) in [7, 11) is 0. The number of nitro benzene ring substituents is 1. The fraction of sp³-hybridized carbons (Fsp3) is 0.100. The first-order chi connectivity index (χ1) is 8.93. The number of imide groups is 1. The molecule has 3 N–H and O–H groups in total. The molecule has 0 fully saturated rings. The molecule has 0 heterocycles. The van der Waals surface area contributed by atoms with Crippen LogP contribution in [-0.2, 0) is 4.79 Å². The summed E-state index contributed by atoms with van der Waals surface area (Å²) >= 11 is 0. The third-order valence-electron chi connectivity index (χ3n) is 1.94.